The van der Waals surface area contributed by atoms with Crippen LogP contribution in [0.25, 0.3) is 0 Å². The van der Waals surface area contributed by atoms with Gasteiger partial charge in [-0.1, -0.05) is 32.2 Å². The smallest absolute Gasteiger partial charge is 0.0897 e. The average molecular weight is 173 g/mol. The molecule has 0 spiro atoms. The van der Waals surface area contributed by atoms with E-state index < -0.39 is 0 Å². The molecule has 0 saturated carbocycles. The third-order valence-corrected chi connectivity index (χ3v) is 0. The van der Waals surface area contributed by atoms with Crippen molar-refractivity contribution < 1.29 is 9.09 Å². The second kappa shape index (κ2) is 15.9. The van der Waals surface area contributed by atoms with Crippen molar-refractivity contribution >= 4 is 11.6 Å². The molecule has 10 heavy (non-hydrogen) atoms. The highest BCUT2D eigenvalue weighted by atomic mass is 35.5. The van der Waals surface area contributed by atoms with Gasteiger partial charge in [-0.25, -0.2) is 4.39 Å². The van der Waals surface area contributed by atoms with Gasteiger partial charge in [0.1, 0.15) is 0 Å². The first-order valence-electron chi connectivity index (χ1n) is 2.09. The summed E-state index contributed by atoms with van der Waals surface area (Å²) in [6.45, 7) is 9.25. The lowest BCUT2D eigenvalue weighted by molar-refractivity contribution is 0.645. The summed E-state index contributed by atoms with van der Waals surface area (Å²) in [5.41, 5.74) is 0. The number of rotatable bonds is 0. The number of hydrogen-bond acceptors (Lipinski definition) is 0. The van der Waals surface area contributed by atoms with Crippen LogP contribution in [0, 0.1) is 0 Å². The standard InChI is InChI=1S/C3H5Cl.C3H5F.CH4.FH/c2*1-3(2)4;;/h2*1H2,2H3;1H4;1H. The molecule has 0 aromatic carbocycles. The average Bonchev–Trinajstić information content (AvgIpc) is 1.25. The van der Waals surface area contributed by atoms with Crippen LogP contribution in [0.5, 0.6) is 0 Å². The third kappa shape index (κ3) is 2450. The topological polar surface area (TPSA) is 0 Å². The predicted octanol–water partition coefficient (Wildman–Crippen LogP) is 4.04. The highest BCUT2D eigenvalue weighted by molar-refractivity contribution is 6.28. The first-order chi connectivity index (χ1) is 3.46. The Hall–Kier alpha value is -0.370. The van der Waals surface area contributed by atoms with E-state index in [1.54, 1.807) is 6.92 Å². The Bertz CT molecular complexity index is 69.6. The minimum absolute atomic E-state index is 0. The zero-order chi connectivity index (χ0) is 7.15. The Balaban J connectivity index is -0.0000000300. The molecule has 0 fully saturated rings. The van der Waals surface area contributed by atoms with Crippen molar-refractivity contribution in [3.63, 3.8) is 0 Å². The molecule has 0 nitrogen and oxygen atoms in total. The predicted molar refractivity (Wildman–Crippen MR) is 45.8 cm³/mol. The summed E-state index contributed by atoms with van der Waals surface area (Å²) in [6.07, 6.45) is 0. The molecule has 0 amide bonds. The van der Waals surface area contributed by atoms with Gasteiger partial charge in [0.25, 0.3) is 0 Å². The lowest BCUT2D eigenvalue weighted by atomic mass is 10.7. The molecular weight excluding hydrogens is 158 g/mol. The van der Waals surface area contributed by atoms with E-state index in [-0.39, 0.29) is 18.0 Å². The number of hydrogen-bond donors (Lipinski definition) is 0. The van der Waals surface area contributed by atoms with E-state index in [2.05, 4.69) is 13.2 Å². The maximum atomic E-state index is 10.8. The van der Waals surface area contributed by atoms with E-state index in [1.807, 2.05) is 0 Å². The Kier molecular flexibility index (Phi) is 35.9. The quantitative estimate of drug-likeness (QED) is 0.518. The molecule has 0 aliphatic heterocycles. The first-order valence-corrected chi connectivity index (χ1v) is 2.46. The number of allylic oxidation sites excluding steroid dienone is 2. The van der Waals surface area contributed by atoms with Crippen LogP contribution in [0.2, 0.25) is 0 Å². The van der Waals surface area contributed by atoms with Gasteiger partial charge in [0, 0.05) is 5.03 Å². The molecular formula is C7H15ClF2. The van der Waals surface area contributed by atoms with E-state index in [0.29, 0.717) is 5.03 Å². The first kappa shape index (κ1) is 22.6. The van der Waals surface area contributed by atoms with Crippen LogP contribution in [0.1, 0.15) is 21.3 Å². The Morgan fingerprint density at radius 3 is 1.30 bits per heavy atom. The fourth-order valence-corrected chi connectivity index (χ4v) is 0. The largest absolute Gasteiger partial charge is 0.269 e. The van der Waals surface area contributed by atoms with E-state index in [4.69, 9.17) is 11.6 Å². The van der Waals surface area contributed by atoms with Crippen molar-refractivity contribution in [3.8, 4) is 0 Å². The zero-order valence-electron chi connectivity index (χ0n) is 5.58. The van der Waals surface area contributed by atoms with Crippen molar-refractivity contribution in [1.82, 2.24) is 0 Å². The SMILES string of the molecule is C.C=C(C)Cl.C=C(C)F.F. The summed E-state index contributed by atoms with van der Waals surface area (Å²) in [6, 6.07) is 0. The van der Waals surface area contributed by atoms with Gasteiger partial charge in [-0.3, -0.25) is 4.70 Å². The highest BCUT2D eigenvalue weighted by Crippen LogP contribution is 1.87. The molecule has 0 aromatic heterocycles. The molecule has 0 bridgehead atoms. The van der Waals surface area contributed by atoms with Crippen LogP contribution in [0.15, 0.2) is 24.0 Å². The van der Waals surface area contributed by atoms with E-state index in [9.17, 15) is 4.39 Å². The molecule has 0 saturated heterocycles. The zero-order valence-corrected chi connectivity index (χ0v) is 6.33. The van der Waals surface area contributed by atoms with E-state index >= 15 is 0 Å². The second-order valence-electron chi connectivity index (χ2n) is 1.35. The van der Waals surface area contributed by atoms with E-state index in [0.717, 1.165) is 0 Å². The fraction of sp³-hybridized carbons (Fsp3) is 0.429. The van der Waals surface area contributed by atoms with Crippen molar-refractivity contribution in [3.05, 3.63) is 24.0 Å². The lowest BCUT2D eigenvalue weighted by Gasteiger charge is -1.61. The van der Waals surface area contributed by atoms with Crippen LogP contribution >= 0.6 is 11.6 Å². The van der Waals surface area contributed by atoms with Crippen molar-refractivity contribution in [2.24, 2.45) is 0 Å². The lowest BCUT2D eigenvalue weighted by Crippen LogP contribution is -1.38. The van der Waals surface area contributed by atoms with E-state index in [1.165, 1.54) is 6.92 Å². The molecule has 0 N–H and O–H groups in total. The Morgan fingerprint density at radius 1 is 1.30 bits per heavy atom. The van der Waals surface area contributed by atoms with Gasteiger partial charge in [0.05, 0.1) is 5.83 Å². The summed E-state index contributed by atoms with van der Waals surface area (Å²) in [5, 5.41) is 0.639. The minimum Gasteiger partial charge on any atom is -0.269 e. The van der Waals surface area contributed by atoms with Gasteiger partial charge >= 0.3 is 0 Å². The van der Waals surface area contributed by atoms with Crippen LogP contribution in [0.3, 0.4) is 0 Å². The summed E-state index contributed by atoms with van der Waals surface area (Å²) in [7, 11) is 0. The minimum atomic E-state index is -0.333. The molecule has 0 radical (unpaired) electrons. The summed E-state index contributed by atoms with van der Waals surface area (Å²) in [4.78, 5) is 0. The molecule has 64 valence electrons. The summed E-state index contributed by atoms with van der Waals surface area (Å²) < 4.78 is 10.8. The van der Waals surface area contributed by atoms with Crippen molar-refractivity contribution in [2.45, 2.75) is 21.3 Å². The van der Waals surface area contributed by atoms with Crippen molar-refractivity contribution in [1.29, 1.82) is 0 Å². The monoisotopic (exact) mass is 172 g/mol. The van der Waals surface area contributed by atoms with Gasteiger partial charge in [-0.05, 0) is 13.8 Å². The second-order valence-corrected chi connectivity index (χ2v) is 2.00. The van der Waals surface area contributed by atoms with Crippen LogP contribution in [0.4, 0.5) is 9.09 Å². The van der Waals surface area contributed by atoms with Crippen molar-refractivity contribution in [2.75, 3.05) is 0 Å². The van der Waals surface area contributed by atoms with Gasteiger partial charge in [-0.2, -0.15) is 0 Å². The molecule has 0 rings (SSSR count). The molecule has 0 aliphatic carbocycles. The molecule has 0 aromatic rings. The molecule has 0 unspecified atom stereocenters. The van der Waals surface area contributed by atoms with Gasteiger partial charge < -0.3 is 0 Å². The van der Waals surface area contributed by atoms with Gasteiger partial charge in [0.15, 0.2) is 0 Å². The molecule has 0 heterocycles. The van der Waals surface area contributed by atoms with Gasteiger partial charge in [0.2, 0.25) is 0 Å². The highest BCUT2D eigenvalue weighted by Gasteiger charge is 1.58. The number of halogens is 3. The van der Waals surface area contributed by atoms with Crippen LogP contribution in [-0.4, -0.2) is 0 Å². The normalized spacial score (nSPS) is 5.20. The summed E-state index contributed by atoms with van der Waals surface area (Å²) >= 11 is 5.08. The van der Waals surface area contributed by atoms with Crippen LogP contribution in [-0.2, 0) is 0 Å². The molecule has 3 heteroatoms. The fourth-order valence-electron chi connectivity index (χ4n) is 0. The summed E-state index contributed by atoms with van der Waals surface area (Å²) in [5.74, 6) is -0.333. The molecule has 0 atom stereocenters. The molecule has 0 aliphatic rings. The third-order valence-electron chi connectivity index (χ3n) is 0. The van der Waals surface area contributed by atoms with Crippen LogP contribution < -0.4 is 0 Å². The maximum Gasteiger partial charge on any atom is 0.0897 e. The maximum absolute atomic E-state index is 10.8. The Morgan fingerprint density at radius 2 is 1.30 bits per heavy atom. The Labute approximate surface area is 66.8 Å². The van der Waals surface area contributed by atoms with Gasteiger partial charge in [-0.15, -0.1) is 0 Å².